The summed E-state index contributed by atoms with van der Waals surface area (Å²) in [6, 6.07) is 4.43. The normalized spacial score (nSPS) is 10.1. The van der Waals surface area contributed by atoms with Gasteiger partial charge < -0.3 is 4.98 Å². The standard InChI is InChI=1S/C8H11N3O2/c1-11(2)10-8(13)6-4-3-5-7(12)9-6/h3-5H,1-2H3,(H,9,12)(H,10,13). The van der Waals surface area contributed by atoms with Crippen molar-refractivity contribution in [1.82, 2.24) is 15.4 Å². The van der Waals surface area contributed by atoms with Gasteiger partial charge in [-0.15, -0.1) is 0 Å². The fraction of sp³-hybridized carbons (Fsp3) is 0.250. The van der Waals surface area contributed by atoms with Gasteiger partial charge in [0.2, 0.25) is 5.56 Å². The lowest BCUT2D eigenvalue weighted by Crippen LogP contribution is -2.37. The molecule has 2 N–H and O–H groups in total. The number of aromatic amines is 1. The van der Waals surface area contributed by atoms with E-state index < -0.39 is 0 Å². The van der Waals surface area contributed by atoms with E-state index in [0.29, 0.717) is 0 Å². The van der Waals surface area contributed by atoms with Gasteiger partial charge in [0.15, 0.2) is 0 Å². The highest BCUT2D eigenvalue weighted by atomic mass is 16.2. The quantitative estimate of drug-likeness (QED) is 0.609. The maximum atomic E-state index is 11.3. The van der Waals surface area contributed by atoms with E-state index >= 15 is 0 Å². The topological polar surface area (TPSA) is 65.2 Å². The van der Waals surface area contributed by atoms with Crippen molar-refractivity contribution in [2.24, 2.45) is 0 Å². The highest BCUT2D eigenvalue weighted by Crippen LogP contribution is 1.89. The molecule has 0 spiro atoms. The Morgan fingerprint density at radius 2 is 2.15 bits per heavy atom. The molecule has 5 heteroatoms. The summed E-state index contributed by atoms with van der Waals surface area (Å²) in [4.78, 5) is 24.5. The minimum absolute atomic E-state index is 0.251. The Morgan fingerprint density at radius 1 is 1.46 bits per heavy atom. The number of carbonyl (C=O) groups excluding carboxylic acids is 1. The summed E-state index contributed by atoms with van der Waals surface area (Å²) < 4.78 is 0. The van der Waals surface area contributed by atoms with Gasteiger partial charge in [-0.2, -0.15) is 0 Å². The van der Waals surface area contributed by atoms with E-state index in [9.17, 15) is 9.59 Å². The van der Waals surface area contributed by atoms with Crippen LogP contribution in [0.5, 0.6) is 0 Å². The van der Waals surface area contributed by atoms with Crippen LogP contribution >= 0.6 is 0 Å². The lowest BCUT2D eigenvalue weighted by Gasteiger charge is -2.10. The second-order valence-electron chi connectivity index (χ2n) is 2.76. The van der Waals surface area contributed by atoms with Crippen molar-refractivity contribution < 1.29 is 4.79 Å². The van der Waals surface area contributed by atoms with Gasteiger partial charge >= 0.3 is 0 Å². The second kappa shape index (κ2) is 3.86. The Bertz CT molecular complexity index is 356. The number of aromatic nitrogens is 1. The van der Waals surface area contributed by atoms with Crippen molar-refractivity contribution in [3.8, 4) is 0 Å². The number of hydrogen-bond donors (Lipinski definition) is 2. The van der Waals surface area contributed by atoms with Crippen LogP contribution in [0.1, 0.15) is 10.5 Å². The average Bonchev–Trinajstić information content (AvgIpc) is 2.03. The molecule has 0 aliphatic heterocycles. The molecule has 1 amide bonds. The number of carbonyl (C=O) groups is 1. The smallest absolute Gasteiger partial charge is 0.282 e. The van der Waals surface area contributed by atoms with Gasteiger partial charge in [-0.1, -0.05) is 6.07 Å². The zero-order valence-corrected chi connectivity index (χ0v) is 7.50. The van der Waals surface area contributed by atoms with Crippen LogP contribution < -0.4 is 11.0 Å². The SMILES string of the molecule is CN(C)NC(=O)c1cccc(=O)[nH]1. The third-order valence-electron chi connectivity index (χ3n) is 1.34. The van der Waals surface area contributed by atoms with Crippen LogP contribution in [0.15, 0.2) is 23.0 Å². The summed E-state index contributed by atoms with van der Waals surface area (Å²) in [7, 11) is 3.39. The highest BCUT2D eigenvalue weighted by Gasteiger charge is 2.05. The molecule has 1 heterocycles. The largest absolute Gasteiger partial charge is 0.318 e. The van der Waals surface area contributed by atoms with Crippen molar-refractivity contribution >= 4 is 5.91 Å². The van der Waals surface area contributed by atoms with Crippen LogP contribution in [0, 0.1) is 0 Å². The molecule has 1 aromatic heterocycles. The third-order valence-corrected chi connectivity index (χ3v) is 1.34. The van der Waals surface area contributed by atoms with Crippen molar-refractivity contribution in [2.75, 3.05) is 14.1 Å². The Balaban J connectivity index is 2.83. The summed E-state index contributed by atoms with van der Waals surface area (Å²) in [6.45, 7) is 0. The maximum absolute atomic E-state index is 11.3. The van der Waals surface area contributed by atoms with Crippen LogP contribution in [0.2, 0.25) is 0 Å². The fourth-order valence-electron chi connectivity index (χ4n) is 0.844. The first-order valence-corrected chi connectivity index (χ1v) is 3.77. The number of hydrazine groups is 1. The molecule has 13 heavy (non-hydrogen) atoms. The summed E-state index contributed by atoms with van der Waals surface area (Å²) >= 11 is 0. The van der Waals surface area contributed by atoms with E-state index in [2.05, 4.69) is 10.4 Å². The predicted octanol–water partition coefficient (Wildman–Crippen LogP) is -0.419. The molecule has 0 saturated carbocycles. The summed E-state index contributed by atoms with van der Waals surface area (Å²) in [5, 5.41) is 1.51. The van der Waals surface area contributed by atoms with Crippen molar-refractivity contribution in [1.29, 1.82) is 0 Å². The first-order chi connectivity index (χ1) is 6.09. The Morgan fingerprint density at radius 3 is 2.69 bits per heavy atom. The first-order valence-electron chi connectivity index (χ1n) is 3.77. The minimum atomic E-state index is -0.331. The summed E-state index contributed by atoms with van der Waals surface area (Å²) in [6.07, 6.45) is 0. The first kappa shape index (κ1) is 9.47. The molecular formula is C8H11N3O2. The molecule has 0 aromatic carbocycles. The second-order valence-corrected chi connectivity index (χ2v) is 2.76. The Kier molecular flexibility index (Phi) is 2.81. The van der Waals surface area contributed by atoms with Crippen molar-refractivity contribution in [3.05, 3.63) is 34.2 Å². The van der Waals surface area contributed by atoms with Crippen LogP contribution in [-0.2, 0) is 0 Å². The fourth-order valence-corrected chi connectivity index (χ4v) is 0.844. The van der Waals surface area contributed by atoms with Gasteiger partial charge in [-0.25, -0.2) is 5.01 Å². The summed E-state index contributed by atoms with van der Waals surface area (Å²) in [5.41, 5.74) is 2.48. The number of hydrogen-bond acceptors (Lipinski definition) is 3. The highest BCUT2D eigenvalue weighted by molar-refractivity contribution is 5.91. The number of amides is 1. The molecule has 0 atom stereocenters. The minimum Gasteiger partial charge on any atom is -0.318 e. The van der Waals surface area contributed by atoms with Gasteiger partial charge in [0, 0.05) is 20.2 Å². The van der Waals surface area contributed by atoms with E-state index in [-0.39, 0.29) is 17.2 Å². The van der Waals surface area contributed by atoms with E-state index in [1.165, 1.54) is 17.1 Å². The summed E-state index contributed by atoms with van der Waals surface area (Å²) in [5.74, 6) is -0.331. The predicted molar refractivity (Wildman–Crippen MR) is 48.2 cm³/mol. The Hall–Kier alpha value is -1.62. The molecule has 0 aliphatic rings. The number of nitrogens with one attached hydrogen (secondary N) is 2. The van der Waals surface area contributed by atoms with Crippen LogP contribution in [0.3, 0.4) is 0 Å². The molecule has 70 valence electrons. The van der Waals surface area contributed by atoms with Crippen LogP contribution in [-0.4, -0.2) is 30.0 Å². The number of nitrogens with zero attached hydrogens (tertiary/aromatic N) is 1. The Labute approximate surface area is 75.3 Å². The van der Waals surface area contributed by atoms with Crippen molar-refractivity contribution in [3.63, 3.8) is 0 Å². The zero-order chi connectivity index (χ0) is 9.84. The monoisotopic (exact) mass is 181 g/mol. The van der Waals surface area contributed by atoms with Crippen LogP contribution in [0.25, 0.3) is 0 Å². The number of pyridine rings is 1. The van der Waals surface area contributed by atoms with Gasteiger partial charge in [-0.3, -0.25) is 15.0 Å². The molecule has 0 saturated heterocycles. The molecule has 1 rings (SSSR count). The van der Waals surface area contributed by atoms with Crippen LogP contribution in [0.4, 0.5) is 0 Å². The van der Waals surface area contributed by atoms with E-state index in [1.54, 1.807) is 20.2 Å². The lowest BCUT2D eigenvalue weighted by molar-refractivity contribution is 0.0851. The molecule has 0 fully saturated rings. The van der Waals surface area contributed by atoms with Gasteiger partial charge in [-0.05, 0) is 6.07 Å². The van der Waals surface area contributed by atoms with E-state index in [0.717, 1.165) is 0 Å². The molecule has 0 unspecified atom stereocenters. The molecule has 0 radical (unpaired) electrons. The van der Waals surface area contributed by atoms with Crippen molar-refractivity contribution in [2.45, 2.75) is 0 Å². The van der Waals surface area contributed by atoms with E-state index in [4.69, 9.17) is 0 Å². The molecule has 0 bridgehead atoms. The molecular weight excluding hydrogens is 170 g/mol. The lowest BCUT2D eigenvalue weighted by atomic mass is 10.3. The van der Waals surface area contributed by atoms with Gasteiger partial charge in [0.1, 0.15) is 5.69 Å². The van der Waals surface area contributed by atoms with Gasteiger partial charge in [0.25, 0.3) is 5.91 Å². The van der Waals surface area contributed by atoms with Gasteiger partial charge in [0.05, 0.1) is 0 Å². The molecule has 5 nitrogen and oxygen atoms in total. The third kappa shape index (κ3) is 2.72. The average molecular weight is 181 g/mol. The zero-order valence-electron chi connectivity index (χ0n) is 7.50. The maximum Gasteiger partial charge on any atom is 0.282 e. The van der Waals surface area contributed by atoms with E-state index in [1.807, 2.05) is 0 Å². The molecule has 0 aliphatic carbocycles. The number of rotatable bonds is 2. The molecule has 1 aromatic rings. The number of H-pyrrole nitrogens is 1.